The number of allylic oxidation sites excluding steroid dienone is 2. The van der Waals surface area contributed by atoms with Crippen LogP contribution in [0.4, 0.5) is 0 Å². The number of hydrazone groups is 1. The Morgan fingerprint density at radius 1 is 1.27 bits per heavy atom. The van der Waals surface area contributed by atoms with E-state index in [2.05, 4.69) is 23.2 Å². The van der Waals surface area contributed by atoms with Crippen LogP contribution >= 0.6 is 0 Å². The highest BCUT2D eigenvalue weighted by Crippen LogP contribution is 2.52. The van der Waals surface area contributed by atoms with Crippen LogP contribution in [0.5, 0.6) is 11.5 Å². The number of terminal acetylenes is 1. The van der Waals surface area contributed by atoms with Crippen LogP contribution in [0.3, 0.4) is 0 Å². The first kappa shape index (κ1) is 16.4. The molecule has 4 unspecified atom stereocenters. The van der Waals surface area contributed by atoms with Gasteiger partial charge in [0.25, 0.3) is 11.8 Å². The number of hydrogen-bond acceptors (Lipinski definition) is 5. The highest BCUT2D eigenvalue weighted by atomic mass is 16.5. The summed E-state index contributed by atoms with van der Waals surface area (Å²) in [5, 5.41) is 5.18. The van der Waals surface area contributed by atoms with Crippen LogP contribution < -0.4 is 9.47 Å². The van der Waals surface area contributed by atoms with E-state index in [0.717, 1.165) is 11.4 Å². The number of ether oxygens (including phenoxy) is 2. The molecule has 1 aliphatic heterocycles. The van der Waals surface area contributed by atoms with Gasteiger partial charge in [-0.05, 0) is 36.5 Å². The molecule has 0 radical (unpaired) electrons. The van der Waals surface area contributed by atoms with E-state index in [0.29, 0.717) is 17.1 Å². The predicted molar refractivity (Wildman–Crippen MR) is 94.5 cm³/mol. The van der Waals surface area contributed by atoms with E-state index in [1.165, 1.54) is 6.21 Å². The fourth-order valence-corrected chi connectivity index (χ4v) is 4.13. The summed E-state index contributed by atoms with van der Waals surface area (Å²) in [6.45, 7) is 0.105. The lowest BCUT2D eigenvalue weighted by molar-refractivity contribution is -0.140. The smallest absolute Gasteiger partial charge is 0.254 e. The minimum Gasteiger partial charge on any atom is -0.497 e. The van der Waals surface area contributed by atoms with E-state index in [9.17, 15) is 9.59 Å². The molecule has 1 saturated heterocycles. The molecule has 4 rings (SSSR count). The van der Waals surface area contributed by atoms with Gasteiger partial charge in [0.1, 0.15) is 18.1 Å². The molecule has 132 valence electrons. The molecule has 26 heavy (non-hydrogen) atoms. The molecule has 0 aromatic heterocycles. The Bertz CT molecular complexity index is 837. The summed E-state index contributed by atoms with van der Waals surface area (Å²) in [5.74, 6) is 2.87. The van der Waals surface area contributed by atoms with E-state index in [4.69, 9.17) is 15.9 Å². The maximum absolute atomic E-state index is 12.7. The number of methoxy groups -OCH3 is 1. The fourth-order valence-electron chi connectivity index (χ4n) is 4.13. The second-order valence-electron chi connectivity index (χ2n) is 6.63. The standard InChI is InChI=1S/C20H18N2O4/c1-3-8-26-16-7-6-15(25-2)10-14(16)11-21-22-19(23)17-12-4-5-13(9-12)18(17)20(22)24/h1,4-7,10-13,17-18H,8-9H2,2H3. The van der Waals surface area contributed by atoms with Gasteiger partial charge in [-0.2, -0.15) is 10.1 Å². The van der Waals surface area contributed by atoms with Crippen LogP contribution in [0.25, 0.3) is 0 Å². The van der Waals surface area contributed by atoms with Crippen LogP contribution in [0.15, 0.2) is 35.5 Å². The second kappa shape index (κ2) is 6.34. The zero-order valence-electron chi connectivity index (χ0n) is 14.3. The highest BCUT2D eigenvalue weighted by molar-refractivity contribution is 6.06. The monoisotopic (exact) mass is 350 g/mol. The Labute approximate surface area is 151 Å². The average molecular weight is 350 g/mol. The maximum Gasteiger partial charge on any atom is 0.254 e. The van der Waals surface area contributed by atoms with Gasteiger partial charge in [-0.3, -0.25) is 9.59 Å². The Morgan fingerprint density at radius 2 is 1.96 bits per heavy atom. The summed E-state index contributed by atoms with van der Waals surface area (Å²) in [5.41, 5.74) is 0.582. The lowest BCUT2D eigenvalue weighted by Crippen LogP contribution is -2.28. The molecule has 6 heteroatoms. The summed E-state index contributed by atoms with van der Waals surface area (Å²) < 4.78 is 10.7. The van der Waals surface area contributed by atoms with Crippen LogP contribution in [0, 0.1) is 36.0 Å². The van der Waals surface area contributed by atoms with Crippen LogP contribution in [0.2, 0.25) is 0 Å². The minimum absolute atomic E-state index is 0.105. The molecule has 4 atom stereocenters. The third-order valence-corrected chi connectivity index (χ3v) is 5.29. The van der Waals surface area contributed by atoms with Gasteiger partial charge in [-0.25, -0.2) is 0 Å². The molecule has 0 spiro atoms. The van der Waals surface area contributed by atoms with Crippen molar-refractivity contribution in [2.45, 2.75) is 6.42 Å². The van der Waals surface area contributed by atoms with Gasteiger partial charge in [0, 0.05) is 5.56 Å². The van der Waals surface area contributed by atoms with E-state index >= 15 is 0 Å². The zero-order valence-corrected chi connectivity index (χ0v) is 14.3. The summed E-state index contributed by atoms with van der Waals surface area (Å²) >= 11 is 0. The van der Waals surface area contributed by atoms with E-state index < -0.39 is 0 Å². The average Bonchev–Trinajstić information content (AvgIpc) is 3.33. The van der Waals surface area contributed by atoms with Crippen molar-refractivity contribution < 1.29 is 19.1 Å². The topological polar surface area (TPSA) is 68.2 Å². The third-order valence-electron chi connectivity index (χ3n) is 5.29. The molecule has 6 nitrogen and oxygen atoms in total. The molecule has 2 amide bonds. The Morgan fingerprint density at radius 3 is 2.58 bits per heavy atom. The van der Waals surface area contributed by atoms with Crippen molar-refractivity contribution in [1.29, 1.82) is 0 Å². The maximum atomic E-state index is 12.7. The molecule has 3 aliphatic rings. The molecule has 2 fully saturated rings. The van der Waals surface area contributed by atoms with Crippen molar-refractivity contribution >= 4 is 18.0 Å². The summed E-state index contributed by atoms with van der Waals surface area (Å²) in [4.78, 5) is 25.3. The third kappa shape index (κ3) is 2.48. The lowest BCUT2D eigenvalue weighted by atomic mass is 9.85. The van der Waals surface area contributed by atoms with Crippen molar-refractivity contribution in [3.63, 3.8) is 0 Å². The minimum atomic E-state index is -0.267. The molecule has 1 aromatic carbocycles. The molecule has 1 aromatic rings. The van der Waals surface area contributed by atoms with E-state index in [1.807, 2.05) is 0 Å². The normalized spacial score (nSPS) is 28.7. The number of fused-ring (bicyclic) bond motifs is 5. The largest absolute Gasteiger partial charge is 0.497 e. The van der Waals surface area contributed by atoms with Crippen molar-refractivity contribution in [1.82, 2.24) is 5.01 Å². The first-order chi connectivity index (χ1) is 12.6. The zero-order chi connectivity index (χ0) is 18.3. The first-order valence-corrected chi connectivity index (χ1v) is 8.48. The number of imide groups is 1. The molecule has 1 heterocycles. The highest BCUT2D eigenvalue weighted by Gasteiger charge is 2.59. The molecular formula is C20H18N2O4. The quantitative estimate of drug-likeness (QED) is 0.352. The van der Waals surface area contributed by atoms with E-state index in [-0.39, 0.29) is 42.1 Å². The second-order valence-corrected chi connectivity index (χ2v) is 6.63. The van der Waals surface area contributed by atoms with Gasteiger partial charge in [0.05, 0.1) is 25.2 Å². The molecule has 0 N–H and O–H groups in total. The van der Waals surface area contributed by atoms with Gasteiger partial charge in [-0.1, -0.05) is 18.1 Å². The van der Waals surface area contributed by atoms with Crippen molar-refractivity contribution in [2.24, 2.45) is 28.8 Å². The number of benzene rings is 1. The molecular weight excluding hydrogens is 332 g/mol. The SMILES string of the molecule is C#CCOc1ccc(OC)cc1C=NN1C(=O)C2C3C=CC(C3)C2C1=O. The fraction of sp³-hybridized carbons (Fsp3) is 0.350. The first-order valence-electron chi connectivity index (χ1n) is 8.48. The van der Waals surface area contributed by atoms with E-state index in [1.54, 1.807) is 25.3 Å². The number of hydrogen-bond donors (Lipinski definition) is 0. The number of carbonyl (C=O) groups excluding carboxylic acids is 2. The van der Waals surface area contributed by atoms with Gasteiger partial charge < -0.3 is 9.47 Å². The number of rotatable bonds is 5. The summed E-state index contributed by atoms with van der Waals surface area (Å²) in [6.07, 6.45) is 11.7. The van der Waals surface area contributed by atoms with Gasteiger partial charge in [-0.15, -0.1) is 6.42 Å². The molecule has 2 aliphatic carbocycles. The Balaban J connectivity index is 1.60. The number of carbonyl (C=O) groups is 2. The van der Waals surface area contributed by atoms with Crippen LogP contribution in [0.1, 0.15) is 12.0 Å². The van der Waals surface area contributed by atoms with Crippen LogP contribution in [-0.4, -0.2) is 36.8 Å². The lowest BCUT2D eigenvalue weighted by Gasteiger charge is -2.13. The summed E-state index contributed by atoms with van der Waals surface area (Å²) in [6, 6.07) is 5.17. The van der Waals surface area contributed by atoms with Gasteiger partial charge >= 0.3 is 0 Å². The Hall–Kier alpha value is -3.07. The van der Waals surface area contributed by atoms with Gasteiger partial charge in [0.15, 0.2) is 0 Å². The summed E-state index contributed by atoms with van der Waals surface area (Å²) in [7, 11) is 1.55. The van der Waals surface area contributed by atoms with Crippen LogP contribution in [-0.2, 0) is 9.59 Å². The van der Waals surface area contributed by atoms with Crippen molar-refractivity contribution in [3.8, 4) is 23.8 Å². The predicted octanol–water partition coefficient (Wildman–Crippen LogP) is 1.85. The van der Waals surface area contributed by atoms with Crippen molar-refractivity contribution in [3.05, 3.63) is 35.9 Å². The van der Waals surface area contributed by atoms with Crippen molar-refractivity contribution in [2.75, 3.05) is 13.7 Å². The molecule has 2 bridgehead atoms. The molecule has 1 saturated carbocycles. The van der Waals surface area contributed by atoms with Gasteiger partial charge in [0.2, 0.25) is 0 Å². The number of amides is 2. The Kier molecular flexibility index (Phi) is 4.00. The number of nitrogens with zero attached hydrogens (tertiary/aromatic N) is 2.